The second-order valence-corrected chi connectivity index (χ2v) is 5.29. The molecule has 3 nitrogen and oxygen atoms in total. The molecule has 0 heterocycles. The van der Waals surface area contributed by atoms with Gasteiger partial charge in [0.05, 0.1) is 5.56 Å². The Bertz CT molecular complexity index is 632. The van der Waals surface area contributed by atoms with E-state index < -0.39 is 5.97 Å². The van der Waals surface area contributed by atoms with Crippen LogP contribution in [0.1, 0.15) is 26.3 Å². The maximum Gasteiger partial charge on any atom is 0.338 e. The molecular weight excluding hydrogens is 320 g/mol. The van der Waals surface area contributed by atoms with E-state index in [-0.39, 0.29) is 12.4 Å². The predicted molar refractivity (Wildman–Crippen MR) is 79.9 cm³/mol. The molecule has 0 saturated heterocycles. The monoisotopic (exact) mass is 332 g/mol. The van der Waals surface area contributed by atoms with Crippen LogP contribution >= 0.6 is 15.9 Å². The summed E-state index contributed by atoms with van der Waals surface area (Å²) >= 11 is 3.28. The van der Waals surface area contributed by atoms with E-state index in [9.17, 15) is 9.59 Å². The second-order valence-electron chi connectivity index (χ2n) is 4.38. The van der Waals surface area contributed by atoms with Crippen LogP contribution in [-0.2, 0) is 4.74 Å². The van der Waals surface area contributed by atoms with Crippen molar-refractivity contribution in [3.05, 3.63) is 69.7 Å². The highest BCUT2D eigenvalue weighted by Crippen LogP contribution is 2.13. The van der Waals surface area contributed by atoms with Crippen molar-refractivity contribution in [2.24, 2.45) is 0 Å². The summed E-state index contributed by atoms with van der Waals surface area (Å²) in [6.07, 6.45) is 0. The lowest BCUT2D eigenvalue weighted by Crippen LogP contribution is -2.14. The molecule has 102 valence electrons. The van der Waals surface area contributed by atoms with E-state index in [2.05, 4.69) is 15.9 Å². The van der Waals surface area contributed by atoms with Gasteiger partial charge >= 0.3 is 5.97 Å². The van der Waals surface area contributed by atoms with E-state index in [0.717, 1.165) is 10.0 Å². The number of ether oxygens (including phenoxy) is 1. The molecule has 0 spiro atoms. The van der Waals surface area contributed by atoms with Crippen LogP contribution in [0.2, 0.25) is 0 Å². The lowest BCUT2D eigenvalue weighted by Gasteiger charge is -2.05. The third kappa shape index (κ3) is 3.78. The summed E-state index contributed by atoms with van der Waals surface area (Å²) in [4.78, 5) is 23.7. The van der Waals surface area contributed by atoms with Crippen LogP contribution in [0, 0.1) is 6.92 Å². The number of carbonyl (C=O) groups is 2. The molecule has 0 bridgehead atoms. The van der Waals surface area contributed by atoms with Gasteiger partial charge in [-0.2, -0.15) is 0 Å². The molecule has 0 atom stereocenters. The van der Waals surface area contributed by atoms with E-state index >= 15 is 0 Å². The molecule has 0 aliphatic heterocycles. The number of hydrogen-bond donors (Lipinski definition) is 0. The van der Waals surface area contributed by atoms with Gasteiger partial charge in [-0.15, -0.1) is 0 Å². The van der Waals surface area contributed by atoms with Crippen LogP contribution in [0.5, 0.6) is 0 Å². The summed E-state index contributed by atoms with van der Waals surface area (Å²) in [5, 5.41) is 0. The molecule has 2 aromatic carbocycles. The number of halogens is 1. The van der Waals surface area contributed by atoms with Gasteiger partial charge in [0, 0.05) is 10.0 Å². The Labute approximate surface area is 125 Å². The van der Waals surface area contributed by atoms with Crippen molar-refractivity contribution in [3.8, 4) is 0 Å². The number of Topliss-reactive ketones (excluding diaryl/α,β-unsaturated/α-hetero) is 1. The Morgan fingerprint density at radius 1 is 1.05 bits per heavy atom. The van der Waals surface area contributed by atoms with Gasteiger partial charge in [0.1, 0.15) is 0 Å². The zero-order valence-corrected chi connectivity index (χ0v) is 12.5. The van der Waals surface area contributed by atoms with Gasteiger partial charge in [0.2, 0.25) is 0 Å². The van der Waals surface area contributed by atoms with Crippen molar-refractivity contribution in [1.82, 2.24) is 0 Å². The smallest absolute Gasteiger partial charge is 0.338 e. The van der Waals surface area contributed by atoms with Gasteiger partial charge in [-0.1, -0.05) is 51.8 Å². The molecule has 0 aliphatic rings. The van der Waals surface area contributed by atoms with Gasteiger partial charge in [0.15, 0.2) is 12.4 Å². The first-order valence-corrected chi connectivity index (χ1v) is 6.88. The zero-order valence-electron chi connectivity index (χ0n) is 10.9. The lowest BCUT2D eigenvalue weighted by molar-refractivity contribution is 0.0474. The fourth-order valence-electron chi connectivity index (χ4n) is 1.65. The van der Waals surface area contributed by atoms with Crippen molar-refractivity contribution in [2.45, 2.75) is 6.92 Å². The number of benzene rings is 2. The number of ketones is 1. The first-order chi connectivity index (χ1) is 9.56. The highest BCUT2D eigenvalue weighted by molar-refractivity contribution is 9.10. The summed E-state index contributed by atoms with van der Waals surface area (Å²) in [5.41, 5.74) is 2.03. The number of aryl methyl sites for hydroxylation is 1. The Kier molecular flexibility index (Phi) is 4.69. The Morgan fingerprint density at radius 3 is 2.40 bits per heavy atom. The molecule has 20 heavy (non-hydrogen) atoms. The minimum atomic E-state index is -0.508. The number of hydrogen-bond acceptors (Lipinski definition) is 3. The topological polar surface area (TPSA) is 43.4 Å². The normalized spacial score (nSPS) is 10.1. The minimum Gasteiger partial charge on any atom is -0.454 e. The third-order valence-electron chi connectivity index (χ3n) is 2.77. The van der Waals surface area contributed by atoms with Gasteiger partial charge in [-0.3, -0.25) is 4.79 Å². The van der Waals surface area contributed by atoms with Crippen LogP contribution in [0.4, 0.5) is 0 Å². The molecule has 0 unspecified atom stereocenters. The van der Waals surface area contributed by atoms with Crippen molar-refractivity contribution in [2.75, 3.05) is 6.61 Å². The Balaban J connectivity index is 1.96. The number of carbonyl (C=O) groups excluding carboxylic acids is 2. The molecular formula is C16H13BrO3. The van der Waals surface area contributed by atoms with Crippen molar-refractivity contribution in [1.29, 1.82) is 0 Å². The van der Waals surface area contributed by atoms with Crippen LogP contribution < -0.4 is 0 Å². The highest BCUT2D eigenvalue weighted by Gasteiger charge is 2.11. The standard InChI is InChI=1S/C16H13BrO3/c1-11-5-7-12(8-6-11)15(18)10-20-16(19)13-3-2-4-14(17)9-13/h2-9H,10H2,1H3. The summed E-state index contributed by atoms with van der Waals surface area (Å²) < 4.78 is 5.81. The largest absolute Gasteiger partial charge is 0.454 e. The molecule has 4 heteroatoms. The van der Waals surface area contributed by atoms with Gasteiger partial charge < -0.3 is 4.74 Å². The maximum absolute atomic E-state index is 11.9. The molecule has 0 fully saturated rings. The molecule has 0 saturated carbocycles. The average molecular weight is 333 g/mol. The van der Waals surface area contributed by atoms with E-state index in [0.29, 0.717) is 11.1 Å². The minimum absolute atomic E-state index is 0.214. The van der Waals surface area contributed by atoms with Gasteiger partial charge in [-0.05, 0) is 25.1 Å². The first kappa shape index (κ1) is 14.5. The fraction of sp³-hybridized carbons (Fsp3) is 0.125. The molecule has 2 aromatic rings. The second kappa shape index (κ2) is 6.48. The SMILES string of the molecule is Cc1ccc(C(=O)COC(=O)c2cccc(Br)c2)cc1. The first-order valence-electron chi connectivity index (χ1n) is 6.09. The predicted octanol–water partition coefficient (Wildman–Crippen LogP) is 3.80. The highest BCUT2D eigenvalue weighted by atomic mass is 79.9. The molecule has 0 radical (unpaired) electrons. The van der Waals surface area contributed by atoms with E-state index in [1.54, 1.807) is 30.3 Å². The summed E-state index contributed by atoms with van der Waals surface area (Å²) in [6, 6.07) is 14.0. The lowest BCUT2D eigenvalue weighted by atomic mass is 10.1. The molecule has 2 rings (SSSR count). The van der Waals surface area contributed by atoms with Gasteiger partial charge in [0.25, 0.3) is 0 Å². The average Bonchev–Trinajstić information content (AvgIpc) is 2.45. The Morgan fingerprint density at radius 2 is 1.75 bits per heavy atom. The van der Waals surface area contributed by atoms with E-state index in [1.807, 2.05) is 25.1 Å². The van der Waals surface area contributed by atoms with Crippen LogP contribution in [0.15, 0.2) is 53.0 Å². The maximum atomic E-state index is 11.9. The molecule has 0 aliphatic carbocycles. The van der Waals surface area contributed by atoms with Crippen molar-refractivity contribution < 1.29 is 14.3 Å². The molecule has 0 aromatic heterocycles. The summed E-state index contributed by atoms with van der Waals surface area (Å²) in [7, 11) is 0. The van der Waals surface area contributed by atoms with Crippen molar-refractivity contribution >= 4 is 27.7 Å². The fourth-order valence-corrected chi connectivity index (χ4v) is 2.05. The molecule has 0 amide bonds. The third-order valence-corrected chi connectivity index (χ3v) is 3.26. The Hall–Kier alpha value is -1.94. The van der Waals surface area contributed by atoms with Crippen LogP contribution in [-0.4, -0.2) is 18.4 Å². The van der Waals surface area contributed by atoms with Crippen LogP contribution in [0.3, 0.4) is 0 Å². The van der Waals surface area contributed by atoms with E-state index in [4.69, 9.17) is 4.74 Å². The van der Waals surface area contributed by atoms with Gasteiger partial charge in [-0.25, -0.2) is 4.79 Å². The quantitative estimate of drug-likeness (QED) is 0.631. The molecule has 0 N–H and O–H groups in total. The summed E-state index contributed by atoms with van der Waals surface area (Å²) in [5.74, 6) is -0.722. The zero-order chi connectivity index (χ0) is 14.5. The van der Waals surface area contributed by atoms with E-state index in [1.165, 1.54) is 0 Å². The van der Waals surface area contributed by atoms with Crippen LogP contribution in [0.25, 0.3) is 0 Å². The number of esters is 1. The van der Waals surface area contributed by atoms with Crippen molar-refractivity contribution in [3.63, 3.8) is 0 Å². The number of rotatable bonds is 4. The summed E-state index contributed by atoms with van der Waals surface area (Å²) in [6.45, 7) is 1.69.